The molecule has 1 N–H and O–H groups in total. The lowest BCUT2D eigenvalue weighted by Gasteiger charge is -2.26. The summed E-state index contributed by atoms with van der Waals surface area (Å²) in [6.07, 6.45) is 0. The Morgan fingerprint density at radius 1 is 0.889 bits per heavy atom. The summed E-state index contributed by atoms with van der Waals surface area (Å²) in [5.41, 5.74) is 2.89. The summed E-state index contributed by atoms with van der Waals surface area (Å²) in [4.78, 5) is 18.7. The molecular weight excluding hydrogens is 358 g/mol. The lowest BCUT2D eigenvalue weighted by molar-refractivity contribution is 0.255. The Morgan fingerprint density at radius 3 is 2.19 bits per heavy atom. The molecule has 4 rings (SSSR count). The van der Waals surface area contributed by atoms with Crippen LogP contribution >= 0.6 is 11.6 Å². The molecule has 1 atom stereocenters. The van der Waals surface area contributed by atoms with E-state index in [-0.39, 0.29) is 12.1 Å². The van der Waals surface area contributed by atoms with Gasteiger partial charge < -0.3 is 5.32 Å². The largest absolute Gasteiger partial charge is 0.367 e. The van der Waals surface area contributed by atoms with Crippen LogP contribution in [0.25, 0.3) is 0 Å². The summed E-state index contributed by atoms with van der Waals surface area (Å²) >= 11 is 6.01. The first-order valence-corrected chi connectivity index (χ1v) is 9.10. The second-order valence-electron chi connectivity index (χ2n) is 6.28. The van der Waals surface area contributed by atoms with E-state index in [1.807, 2.05) is 72.8 Å². The van der Waals surface area contributed by atoms with Crippen LogP contribution in [0, 0.1) is 0 Å². The summed E-state index contributed by atoms with van der Waals surface area (Å²) in [5.74, 6) is 0.644. The number of carbonyl (C=O) groups excluding carboxylic acids is 1. The first kappa shape index (κ1) is 17.3. The molecule has 5 heteroatoms. The van der Waals surface area contributed by atoms with Crippen LogP contribution in [0.5, 0.6) is 0 Å². The van der Waals surface area contributed by atoms with Gasteiger partial charge in [-0.3, -0.25) is 4.90 Å². The smallest absolute Gasteiger partial charge is 0.350 e. The average Bonchev–Trinajstić information content (AvgIpc) is 3.04. The van der Waals surface area contributed by atoms with Gasteiger partial charge in [0, 0.05) is 17.3 Å². The van der Waals surface area contributed by atoms with Crippen molar-refractivity contribution in [2.75, 3.05) is 4.90 Å². The van der Waals surface area contributed by atoms with Gasteiger partial charge in [0.05, 0.1) is 0 Å². The highest BCUT2D eigenvalue weighted by Crippen LogP contribution is 2.33. The Labute approximate surface area is 163 Å². The standard InChI is InChI=1S/C22H18ClN3O/c23-18-11-13-19(14-12-18)26-20(17-9-5-2-6-10-17)21(25-22(26)27)24-15-16-7-3-1-4-8-16/h1-14,20H,15H2,(H,24,25,27)/t20-/m0/s1. The molecule has 0 spiro atoms. The predicted octanol–water partition coefficient (Wildman–Crippen LogP) is 5.21. The molecular formula is C22H18ClN3O. The Bertz CT molecular complexity index is 956. The third-order valence-electron chi connectivity index (χ3n) is 4.48. The van der Waals surface area contributed by atoms with Crippen LogP contribution in [0.2, 0.25) is 5.02 Å². The van der Waals surface area contributed by atoms with Gasteiger partial charge in [-0.2, -0.15) is 4.99 Å². The topological polar surface area (TPSA) is 44.7 Å². The zero-order valence-electron chi connectivity index (χ0n) is 14.5. The van der Waals surface area contributed by atoms with Crippen LogP contribution in [-0.2, 0) is 6.54 Å². The highest BCUT2D eigenvalue weighted by atomic mass is 35.5. The van der Waals surface area contributed by atoms with Crippen molar-refractivity contribution in [3.8, 4) is 0 Å². The van der Waals surface area contributed by atoms with Gasteiger partial charge in [-0.1, -0.05) is 72.3 Å². The van der Waals surface area contributed by atoms with Crippen molar-refractivity contribution in [2.45, 2.75) is 12.6 Å². The van der Waals surface area contributed by atoms with Gasteiger partial charge in [-0.15, -0.1) is 0 Å². The van der Waals surface area contributed by atoms with Gasteiger partial charge in [0.15, 0.2) is 0 Å². The Kier molecular flexibility index (Phi) is 4.90. The fourth-order valence-corrected chi connectivity index (χ4v) is 3.30. The fourth-order valence-electron chi connectivity index (χ4n) is 3.18. The number of urea groups is 1. The summed E-state index contributed by atoms with van der Waals surface area (Å²) < 4.78 is 0. The van der Waals surface area contributed by atoms with Crippen molar-refractivity contribution in [3.05, 3.63) is 101 Å². The number of carbonyl (C=O) groups is 1. The minimum absolute atomic E-state index is 0.290. The summed E-state index contributed by atoms with van der Waals surface area (Å²) in [6, 6.07) is 26.6. The van der Waals surface area contributed by atoms with Gasteiger partial charge in [0.1, 0.15) is 11.9 Å². The van der Waals surface area contributed by atoms with Crippen LogP contribution in [0.3, 0.4) is 0 Å². The normalized spacial score (nSPS) is 16.3. The number of halogens is 1. The fraction of sp³-hybridized carbons (Fsp3) is 0.0909. The van der Waals surface area contributed by atoms with Crippen molar-refractivity contribution in [3.63, 3.8) is 0 Å². The number of hydrogen-bond donors (Lipinski definition) is 1. The van der Waals surface area contributed by atoms with Gasteiger partial charge in [0.25, 0.3) is 0 Å². The van der Waals surface area contributed by atoms with Crippen LogP contribution in [0.15, 0.2) is 89.9 Å². The van der Waals surface area contributed by atoms with E-state index in [1.165, 1.54) is 0 Å². The quantitative estimate of drug-likeness (QED) is 0.680. The summed E-state index contributed by atoms with van der Waals surface area (Å²) in [5, 5.41) is 3.98. The van der Waals surface area contributed by atoms with Crippen LogP contribution < -0.4 is 10.2 Å². The molecule has 3 aromatic rings. The molecule has 1 aliphatic heterocycles. The van der Waals surface area contributed by atoms with E-state index in [9.17, 15) is 4.79 Å². The minimum atomic E-state index is -0.302. The maximum Gasteiger partial charge on any atom is 0.350 e. The van der Waals surface area contributed by atoms with Gasteiger partial charge in [-0.25, -0.2) is 4.79 Å². The lowest BCUT2D eigenvalue weighted by atomic mass is 10.0. The molecule has 1 heterocycles. The van der Waals surface area contributed by atoms with E-state index in [2.05, 4.69) is 10.3 Å². The molecule has 0 saturated carbocycles. The van der Waals surface area contributed by atoms with E-state index in [1.54, 1.807) is 17.0 Å². The van der Waals surface area contributed by atoms with Crippen molar-refractivity contribution < 1.29 is 4.79 Å². The number of benzene rings is 3. The van der Waals surface area contributed by atoms with Crippen molar-refractivity contribution >= 4 is 29.2 Å². The molecule has 2 amide bonds. The SMILES string of the molecule is O=C1N=C(NCc2ccccc2)[C@H](c2ccccc2)N1c1ccc(Cl)cc1. The van der Waals surface area contributed by atoms with E-state index in [4.69, 9.17) is 11.6 Å². The number of anilines is 1. The third kappa shape index (κ3) is 3.71. The van der Waals surface area contributed by atoms with Crippen LogP contribution in [-0.4, -0.2) is 11.9 Å². The number of nitrogens with one attached hydrogen (secondary N) is 1. The minimum Gasteiger partial charge on any atom is -0.367 e. The van der Waals surface area contributed by atoms with E-state index < -0.39 is 0 Å². The Hall–Kier alpha value is -3.11. The molecule has 0 aliphatic carbocycles. The number of amides is 2. The zero-order chi connectivity index (χ0) is 18.6. The van der Waals surface area contributed by atoms with Crippen molar-refractivity contribution in [1.29, 1.82) is 0 Å². The molecule has 0 fully saturated rings. The van der Waals surface area contributed by atoms with Crippen molar-refractivity contribution in [2.24, 2.45) is 4.99 Å². The summed E-state index contributed by atoms with van der Waals surface area (Å²) in [7, 11) is 0. The zero-order valence-corrected chi connectivity index (χ0v) is 15.3. The molecule has 0 unspecified atom stereocenters. The van der Waals surface area contributed by atoms with Gasteiger partial charge in [-0.05, 0) is 35.4 Å². The number of hydrogen-bond acceptors (Lipinski definition) is 2. The molecule has 0 saturated heterocycles. The third-order valence-corrected chi connectivity index (χ3v) is 4.73. The number of rotatable bonds is 4. The number of nitrogens with zero attached hydrogens (tertiary/aromatic N) is 2. The molecule has 0 aromatic heterocycles. The Balaban J connectivity index is 1.66. The second-order valence-corrected chi connectivity index (χ2v) is 6.71. The highest BCUT2D eigenvalue weighted by Gasteiger charge is 2.37. The molecule has 4 nitrogen and oxygen atoms in total. The molecule has 3 aromatic carbocycles. The molecule has 27 heavy (non-hydrogen) atoms. The maximum absolute atomic E-state index is 12.7. The molecule has 0 bridgehead atoms. The predicted molar refractivity (Wildman–Crippen MR) is 109 cm³/mol. The monoisotopic (exact) mass is 375 g/mol. The lowest BCUT2D eigenvalue weighted by Crippen LogP contribution is -2.35. The first-order valence-electron chi connectivity index (χ1n) is 8.72. The molecule has 0 radical (unpaired) electrons. The van der Waals surface area contributed by atoms with Crippen LogP contribution in [0.1, 0.15) is 17.2 Å². The van der Waals surface area contributed by atoms with Gasteiger partial charge in [0.2, 0.25) is 0 Å². The molecule has 1 aliphatic rings. The van der Waals surface area contributed by atoms with E-state index >= 15 is 0 Å². The number of amidine groups is 1. The first-order chi connectivity index (χ1) is 13.2. The van der Waals surface area contributed by atoms with Crippen LogP contribution in [0.4, 0.5) is 10.5 Å². The van der Waals surface area contributed by atoms with Gasteiger partial charge >= 0.3 is 6.03 Å². The second kappa shape index (κ2) is 7.64. The maximum atomic E-state index is 12.7. The number of aliphatic imine (C=N–C) groups is 1. The van der Waals surface area contributed by atoms with Crippen molar-refractivity contribution in [1.82, 2.24) is 5.32 Å². The van der Waals surface area contributed by atoms with E-state index in [0.29, 0.717) is 17.4 Å². The average molecular weight is 376 g/mol. The Morgan fingerprint density at radius 2 is 1.52 bits per heavy atom. The highest BCUT2D eigenvalue weighted by molar-refractivity contribution is 6.30. The van der Waals surface area contributed by atoms with E-state index in [0.717, 1.165) is 16.8 Å². The molecule has 134 valence electrons. The summed E-state index contributed by atoms with van der Waals surface area (Å²) in [6.45, 7) is 0.602.